The van der Waals surface area contributed by atoms with E-state index in [1.807, 2.05) is 54.6 Å². The summed E-state index contributed by atoms with van der Waals surface area (Å²) < 4.78 is 5.23. The fourth-order valence-corrected chi connectivity index (χ4v) is 3.11. The summed E-state index contributed by atoms with van der Waals surface area (Å²) >= 11 is 0. The van der Waals surface area contributed by atoms with Crippen LogP contribution in [0.5, 0.6) is 5.75 Å². The lowest BCUT2D eigenvalue weighted by atomic mass is 10.1. The number of anilines is 1. The Bertz CT molecular complexity index is 914. The Morgan fingerprint density at radius 2 is 2.00 bits per heavy atom. The summed E-state index contributed by atoms with van der Waals surface area (Å²) in [6.07, 6.45) is 2.56. The number of nitrogens with one attached hydrogen (secondary N) is 2. The third-order valence-electron chi connectivity index (χ3n) is 4.59. The predicted molar refractivity (Wildman–Crippen MR) is 101 cm³/mol. The maximum absolute atomic E-state index is 12.7. The van der Waals surface area contributed by atoms with E-state index in [4.69, 9.17) is 4.74 Å². The highest BCUT2D eigenvalue weighted by atomic mass is 16.5. The quantitative estimate of drug-likeness (QED) is 0.704. The minimum atomic E-state index is -0.0567. The van der Waals surface area contributed by atoms with Crippen molar-refractivity contribution in [2.45, 2.75) is 25.2 Å². The molecule has 3 aromatic rings. The number of aromatic amines is 1. The van der Waals surface area contributed by atoms with Gasteiger partial charge >= 0.3 is 0 Å². The molecule has 5 heteroatoms. The number of ether oxygens (including phenoxy) is 1. The van der Waals surface area contributed by atoms with Crippen LogP contribution in [0.3, 0.4) is 0 Å². The molecule has 4 rings (SSSR count). The van der Waals surface area contributed by atoms with Gasteiger partial charge in [-0.15, -0.1) is 0 Å². The lowest BCUT2D eigenvalue weighted by Gasteiger charge is -2.09. The number of methoxy groups -OCH3 is 1. The van der Waals surface area contributed by atoms with Gasteiger partial charge in [0.15, 0.2) is 0 Å². The molecule has 1 aliphatic rings. The van der Waals surface area contributed by atoms with Gasteiger partial charge in [-0.25, -0.2) is 0 Å². The molecule has 1 amide bonds. The lowest BCUT2D eigenvalue weighted by Crippen LogP contribution is -2.15. The molecular formula is C21H21N3O2. The van der Waals surface area contributed by atoms with E-state index in [1.54, 1.807) is 7.11 Å². The molecule has 0 radical (unpaired) electrons. The maximum Gasteiger partial charge on any atom is 0.228 e. The number of hydrogen-bond donors (Lipinski definition) is 2. The molecule has 1 aliphatic carbocycles. The van der Waals surface area contributed by atoms with E-state index in [0.29, 0.717) is 12.3 Å². The number of rotatable bonds is 6. The molecule has 26 heavy (non-hydrogen) atoms. The lowest BCUT2D eigenvalue weighted by molar-refractivity contribution is -0.115. The zero-order chi connectivity index (χ0) is 17.9. The van der Waals surface area contributed by atoms with E-state index in [0.717, 1.165) is 46.8 Å². The van der Waals surface area contributed by atoms with Crippen molar-refractivity contribution >= 4 is 11.6 Å². The minimum absolute atomic E-state index is 0.0567. The van der Waals surface area contributed by atoms with Crippen LogP contribution in [0, 0.1) is 0 Å². The fraction of sp³-hybridized carbons (Fsp3) is 0.238. The largest absolute Gasteiger partial charge is 0.497 e. The van der Waals surface area contributed by atoms with Crippen LogP contribution in [0.4, 0.5) is 5.69 Å². The molecule has 0 saturated heterocycles. The van der Waals surface area contributed by atoms with E-state index in [9.17, 15) is 4.79 Å². The monoisotopic (exact) mass is 347 g/mol. The van der Waals surface area contributed by atoms with Crippen molar-refractivity contribution in [2.24, 2.45) is 0 Å². The first-order valence-electron chi connectivity index (χ1n) is 8.81. The Morgan fingerprint density at radius 3 is 2.73 bits per heavy atom. The molecule has 0 unspecified atom stereocenters. The Balaban J connectivity index is 1.58. The van der Waals surface area contributed by atoms with Crippen molar-refractivity contribution in [3.63, 3.8) is 0 Å². The molecule has 1 fully saturated rings. The number of H-pyrrole nitrogens is 1. The van der Waals surface area contributed by atoms with Gasteiger partial charge in [0.25, 0.3) is 0 Å². The number of carbonyl (C=O) groups is 1. The highest BCUT2D eigenvalue weighted by Crippen LogP contribution is 2.45. The van der Waals surface area contributed by atoms with Gasteiger partial charge < -0.3 is 10.1 Å². The zero-order valence-electron chi connectivity index (χ0n) is 14.7. The Labute approximate surface area is 152 Å². The Hall–Kier alpha value is -3.08. The topological polar surface area (TPSA) is 67.0 Å². The average Bonchev–Trinajstić information content (AvgIpc) is 3.43. The molecule has 0 atom stereocenters. The second-order valence-corrected chi connectivity index (χ2v) is 6.58. The van der Waals surface area contributed by atoms with Crippen LogP contribution in [0.15, 0.2) is 54.6 Å². The number of aromatic nitrogens is 2. The summed E-state index contributed by atoms with van der Waals surface area (Å²) in [5.74, 6) is 1.16. The molecule has 1 aromatic heterocycles. The van der Waals surface area contributed by atoms with E-state index >= 15 is 0 Å². The summed E-state index contributed by atoms with van der Waals surface area (Å²) in [7, 11) is 1.62. The summed E-state index contributed by atoms with van der Waals surface area (Å²) in [5.41, 5.74) is 4.55. The Kier molecular flexibility index (Phi) is 4.44. The minimum Gasteiger partial charge on any atom is -0.497 e. The van der Waals surface area contributed by atoms with Crippen LogP contribution < -0.4 is 10.1 Å². The molecule has 1 saturated carbocycles. The standard InChI is InChI=1S/C21H21N3O2/c1-26-17-9-5-6-14(12-17)13-18(25)22-21-19(15-7-3-2-4-8-15)23-24-20(21)16-10-11-16/h2-9,12,16H,10-11,13H2,1H3,(H,22,25)(H,23,24). The number of nitrogens with zero attached hydrogens (tertiary/aromatic N) is 1. The van der Waals surface area contributed by atoms with Crippen LogP contribution in [0.2, 0.25) is 0 Å². The fourth-order valence-electron chi connectivity index (χ4n) is 3.11. The zero-order valence-corrected chi connectivity index (χ0v) is 14.7. The molecular weight excluding hydrogens is 326 g/mol. The SMILES string of the molecule is COc1cccc(CC(=O)Nc2c(-c3ccccc3)n[nH]c2C2CC2)c1. The van der Waals surface area contributed by atoms with E-state index < -0.39 is 0 Å². The van der Waals surface area contributed by atoms with Crippen LogP contribution in [-0.4, -0.2) is 23.2 Å². The average molecular weight is 347 g/mol. The smallest absolute Gasteiger partial charge is 0.228 e. The maximum atomic E-state index is 12.7. The van der Waals surface area contributed by atoms with E-state index in [2.05, 4.69) is 15.5 Å². The highest BCUT2D eigenvalue weighted by Gasteiger charge is 2.30. The first-order valence-corrected chi connectivity index (χ1v) is 8.81. The van der Waals surface area contributed by atoms with Crippen molar-refractivity contribution in [1.29, 1.82) is 0 Å². The summed E-state index contributed by atoms with van der Waals surface area (Å²) in [4.78, 5) is 12.7. The number of amides is 1. The second-order valence-electron chi connectivity index (χ2n) is 6.58. The summed E-state index contributed by atoms with van der Waals surface area (Å²) in [6, 6.07) is 17.5. The van der Waals surface area contributed by atoms with Crippen molar-refractivity contribution in [3.05, 3.63) is 65.9 Å². The van der Waals surface area contributed by atoms with Gasteiger partial charge in [0, 0.05) is 11.5 Å². The normalized spacial score (nSPS) is 13.4. The van der Waals surface area contributed by atoms with Crippen molar-refractivity contribution in [2.75, 3.05) is 12.4 Å². The molecule has 0 spiro atoms. The number of hydrogen-bond acceptors (Lipinski definition) is 3. The van der Waals surface area contributed by atoms with E-state index in [-0.39, 0.29) is 5.91 Å². The van der Waals surface area contributed by atoms with Gasteiger partial charge in [0.1, 0.15) is 11.4 Å². The van der Waals surface area contributed by atoms with Gasteiger partial charge in [0.05, 0.1) is 24.9 Å². The van der Waals surface area contributed by atoms with Gasteiger partial charge in [-0.1, -0.05) is 42.5 Å². The number of benzene rings is 2. The molecule has 132 valence electrons. The summed E-state index contributed by atoms with van der Waals surface area (Å²) in [6.45, 7) is 0. The molecule has 2 aromatic carbocycles. The highest BCUT2D eigenvalue weighted by molar-refractivity contribution is 5.96. The van der Waals surface area contributed by atoms with Gasteiger partial charge in [-0.2, -0.15) is 5.10 Å². The van der Waals surface area contributed by atoms with Crippen LogP contribution in [0.25, 0.3) is 11.3 Å². The van der Waals surface area contributed by atoms with Gasteiger partial charge in [-0.05, 0) is 30.5 Å². The second kappa shape index (κ2) is 7.04. The molecule has 0 bridgehead atoms. The van der Waals surface area contributed by atoms with Crippen molar-refractivity contribution in [3.8, 4) is 17.0 Å². The summed E-state index contributed by atoms with van der Waals surface area (Å²) in [5, 5.41) is 10.7. The van der Waals surface area contributed by atoms with E-state index in [1.165, 1.54) is 0 Å². The molecule has 2 N–H and O–H groups in total. The first kappa shape index (κ1) is 16.4. The molecule has 5 nitrogen and oxygen atoms in total. The third-order valence-corrected chi connectivity index (χ3v) is 4.59. The van der Waals surface area contributed by atoms with Crippen LogP contribution in [0.1, 0.15) is 30.0 Å². The number of carbonyl (C=O) groups excluding carboxylic acids is 1. The van der Waals surface area contributed by atoms with Crippen LogP contribution >= 0.6 is 0 Å². The predicted octanol–water partition coefficient (Wildman–Crippen LogP) is 4.14. The van der Waals surface area contributed by atoms with Crippen molar-refractivity contribution in [1.82, 2.24) is 10.2 Å². The van der Waals surface area contributed by atoms with Gasteiger partial charge in [-0.3, -0.25) is 9.89 Å². The first-order chi connectivity index (χ1) is 12.7. The van der Waals surface area contributed by atoms with Crippen molar-refractivity contribution < 1.29 is 9.53 Å². The van der Waals surface area contributed by atoms with Gasteiger partial charge in [0.2, 0.25) is 5.91 Å². The van der Waals surface area contributed by atoms with Crippen LogP contribution in [-0.2, 0) is 11.2 Å². The third kappa shape index (κ3) is 3.47. The molecule has 0 aliphatic heterocycles. The molecule has 1 heterocycles. The Morgan fingerprint density at radius 1 is 1.19 bits per heavy atom.